The number of alkyl halides is 3. The van der Waals surface area contributed by atoms with Crippen LogP contribution in [0.5, 0.6) is 5.75 Å². The number of likely N-dealkylation sites (tertiary alicyclic amines) is 1. The van der Waals surface area contributed by atoms with Crippen molar-refractivity contribution in [1.82, 2.24) is 15.2 Å². The van der Waals surface area contributed by atoms with Crippen LogP contribution >= 0.6 is 11.3 Å². The molecule has 1 aliphatic heterocycles. The molecule has 0 bridgehead atoms. The summed E-state index contributed by atoms with van der Waals surface area (Å²) in [4.78, 5) is 42.7. The van der Waals surface area contributed by atoms with Crippen LogP contribution in [-0.4, -0.2) is 54.0 Å². The molecule has 1 aromatic heterocycles. The number of piperidine rings is 1. The summed E-state index contributed by atoms with van der Waals surface area (Å²) in [7, 11) is 0. The number of hydrogen-bond donors (Lipinski definition) is 2. The van der Waals surface area contributed by atoms with Crippen LogP contribution in [0.15, 0.2) is 53.9 Å². The van der Waals surface area contributed by atoms with Crippen LogP contribution in [0.2, 0.25) is 0 Å². The summed E-state index contributed by atoms with van der Waals surface area (Å²) >= 11 is 1.36. The van der Waals surface area contributed by atoms with E-state index in [1.54, 1.807) is 36.6 Å². The fourth-order valence-corrected chi connectivity index (χ4v) is 5.08. The molecule has 1 fully saturated rings. The van der Waals surface area contributed by atoms with Crippen molar-refractivity contribution in [1.29, 1.82) is 0 Å². The van der Waals surface area contributed by atoms with Crippen molar-refractivity contribution in [2.24, 2.45) is 0 Å². The number of aromatic nitrogens is 1. The number of nitrogens with zero attached hydrogens (tertiary/aromatic N) is 2. The molecule has 9 nitrogen and oxygen atoms in total. The van der Waals surface area contributed by atoms with Crippen LogP contribution in [0.25, 0.3) is 11.1 Å². The van der Waals surface area contributed by atoms with E-state index in [2.05, 4.69) is 20.4 Å². The Morgan fingerprint density at radius 3 is 2.44 bits per heavy atom. The van der Waals surface area contributed by atoms with Gasteiger partial charge in [-0.2, -0.15) is 0 Å². The van der Waals surface area contributed by atoms with Crippen LogP contribution in [0.3, 0.4) is 0 Å². The number of thiazole rings is 1. The van der Waals surface area contributed by atoms with Gasteiger partial charge in [0.1, 0.15) is 11.4 Å². The molecule has 0 saturated carbocycles. The van der Waals surface area contributed by atoms with Gasteiger partial charge < -0.3 is 19.7 Å². The van der Waals surface area contributed by atoms with Crippen LogP contribution in [0.4, 0.5) is 28.4 Å². The van der Waals surface area contributed by atoms with Crippen molar-refractivity contribution in [3.05, 3.63) is 64.6 Å². The third kappa shape index (κ3) is 7.47. The van der Waals surface area contributed by atoms with Crippen molar-refractivity contribution < 1.29 is 37.0 Å². The molecule has 2 heterocycles. The number of rotatable bonds is 6. The Balaban J connectivity index is 1.37. The zero-order valence-electron chi connectivity index (χ0n) is 20.8. The number of carbonyl (C=O) groups is 3. The maximum absolute atomic E-state index is 13.0. The van der Waals surface area contributed by atoms with Gasteiger partial charge in [-0.1, -0.05) is 30.3 Å². The summed E-state index contributed by atoms with van der Waals surface area (Å²) in [5.41, 5.74) is 1.93. The van der Waals surface area contributed by atoms with Gasteiger partial charge >= 0.3 is 18.5 Å². The normalized spacial score (nSPS) is 14.0. The fourth-order valence-electron chi connectivity index (χ4n) is 4.11. The molecule has 39 heavy (non-hydrogen) atoms. The highest BCUT2D eigenvalue weighted by molar-refractivity contribution is 7.10. The summed E-state index contributed by atoms with van der Waals surface area (Å²) in [6.45, 7) is 2.67. The van der Waals surface area contributed by atoms with Crippen LogP contribution in [0.1, 0.15) is 41.2 Å². The van der Waals surface area contributed by atoms with E-state index in [1.165, 1.54) is 40.5 Å². The number of imide groups is 1. The standard InChI is InChI=1S/C26H25F3N4O5S/c1-2-37-25(36)32-24(35)33-13-11-17(12-14-33)23-31-21(15-39-23)22(34)30-20-6-4-3-5-19(20)16-7-9-18(10-8-16)38-26(27,28)29/h3-10,15,17H,2,11-14H2,1H3,(H,30,34)(H,32,35,36). The van der Waals surface area contributed by atoms with Crippen LogP contribution in [-0.2, 0) is 4.74 Å². The third-order valence-electron chi connectivity index (χ3n) is 5.94. The average Bonchev–Trinajstić information content (AvgIpc) is 3.40. The highest BCUT2D eigenvalue weighted by Gasteiger charge is 2.31. The number of hydrogen-bond acceptors (Lipinski definition) is 7. The zero-order valence-corrected chi connectivity index (χ0v) is 21.6. The van der Waals surface area contributed by atoms with Gasteiger partial charge in [-0.15, -0.1) is 24.5 Å². The molecule has 4 amide bonds. The first-order valence-corrected chi connectivity index (χ1v) is 13.0. The lowest BCUT2D eigenvalue weighted by Gasteiger charge is -2.30. The minimum absolute atomic E-state index is 0.0629. The highest BCUT2D eigenvalue weighted by Crippen LogP contribution is 2.33. The Bertz CT molecular complexity index is 1320. The maximum Gasteiger partial charge on any atom is 0.573 e. The van der Waals surface area contributed by atoms with Crippen molar-refractivity contribution in [3.8, 4) is 16.9 Å². The highest BCUT2D eigenvalue weighted by atomic mass is 32.1. The summed E-state index contributed by atoms with van der Waals surface area (Å²) in [5, 5.41) is 7.46. The van der Waals surface area contributed by atoms with Crippen LogP contribution < -0.4 is 15.4 Å². The molecule has 2 aromatic carbocycles. The second kappa shape index (κ2) is 12.2. The molecular formula is C26H25F3N4O5S. The first-order valence-electron chi connectivity index (χ1n) is 12.1. The zero-order chi connectivity index (χ0) is 28.0. The minimum atomic E-state index is -4.78. The summed E-state index contributed by atoms with van der Waals surface area (Å²) in [5.74, 6) is -0.700. The monoisotopic (exact) mass is 562 g/mol. The van der Waals surface area contributed by atoms with E-state index in [0.717, 1.165) is 5.01 Å². The number of para-hydroxylation sites is 1. The van der Waals surface area contributed by atoms with E-state index in [1.807, 2.05) is 0 Å². The molecule has 1 aliphatic rings. The number of nitrogens with one attached hydrogen (secondary N) is 2. The quantitative estimate of drug-likeness (QED) is 0.381. The predicted octanol–water partition coefficient (Wildman–Crippen LogP) is 6.01. The molecule has 2 N–H and O–H groups in total. The predicted molar refractivity (Wildman–Crippen MR) is 138 cm³/mol. The number of alkyl carbamates (subject to hydrolysis) is 1. The summed E-state index contributed by atoms with van der Waals surface area (Å²) in [6, 6.07) is 11.8. The van der Waals surface area contributed by atoms with E-state index in [-0.39, 0.29) is 24.0 Å². The average molecular weight is 563 g/mol. The second-order valence-corrected chi connectivity index (χ2v) is 9.44. The van der Waals surface area contributed by atoms with E-state index in [0.29, 0.717) is 42.7 Å². The minimum Gasteiger partial charge on any atom is -0.450 e. The van der Waals surface area contributed by atoms with Gasteiger partial charge in [0.25, 0.3) is 5.91 Å². The molecule has 0 radical (unpaired) electrons. The summed E-state index contributed by atoms with van der Waals surface area (Å²) < 4.78 is 46.0. The maximum atomic E-state index is 13.0. The molecule has 0 unspecified atom stereocenters. The summed E-state index contributed by atoms with van der Waals surface area (Å²) in [6.07, 6.45) is -4.31. The van der Waals surface area contributed by atoms with Gasteiger partial charge in [-0.3, -0.25) is 4.79 Å². The van der Waals surface area contributed by atoms with E-state index >= 15 is 0 Å². The van der Waals surface area contributed by atoms with Gasteiger partial charge in [0.2, 0.25) is 0 Å². The number of ether oxygens (including phenoxy) is 2. The Labute approximate surface area is 225 Å². The first kappa shape index (κ1) is 27.9. The first-order chi connectivity index (χ1) is 18.6. The molecule has 3 aromatic rings. The van der Waals surface area contributed by atoms with Crippen molar-refractivity contribution in [3.63, 3.8) is 0 Å². The molecule has 4 rings (SSSR count). The fraction of sp³-hybridized carbons (Fsp3) is 0.308. The topological polar surface area (TPSA) is 110 Å². The number of benzene rings is 2. The lowest BCUT2D eigenvalue weighted by molar-refractivity contribution is -0.274. The van der Waals surface area contributed by atoms with Crippen LogP contribution in [0, 0.1) is 0 Å². The molecule has 1 saturated heterocycles. The molecular weight excluding hydrogens is 537 g/mol. The van der Waals surface area contributed by atoms with Crippen molar-refractivity contribution in [2.75, 3.05) is 25.0 Å². The SMILES string of the molecule is CCOC(=O)NC(=O)N1CCC(c2nc(C(=O)Nc3ccccc3-c3ccc(OC(F)(F)F)cc3)cs2)CC1. The number of halogens is 3. The van der Waals surface area contributed by atoms with Crippen molar-refractivity contribution in [2.45, 2.75) is 32.0 Å². The largest absolute Gasteiger partial charge is 0.573 e. The number of anilines is 1. The lowest BCUT2D eigenvalue weighted by atomic mass is 9.98. The van der Waals surface area contributed by atoms with Gasteiger partial charge in [0.05, 0.1) is 11.6 Å². The smallest absolute Gasteiger partial charge is 0.450 e. The third-order valence-corrected chi connectivity index (χ3v) is 6.95. The van der Waals surface area contributed by atoms with E-state index in [9.17, 15) is 27.6 Å². The van der Waals surface area contributed by atoms with Gasteiger partial charge in [-0.05, 0) is 43.5 Å². The molecule has 0 spiro atoms. The number of amides is 4. The van der Waals surface area contributed by atoms with E-state index in [4.69, 9.17) is 4.74 Å². The Hall–Kier alpha value is -4.13. The molecule has 13 heteroatoms. The van der Waals surface area contributed by atoms with Gasteiger partial charge in [0, 0.05) is 35.6 Å². The Morgan fingerprint density at radius 1 is 1.08 bits per heavy atom. The van der Waals surface area contributed by atoms with E-state index < -0.39 is 24.4 Å². The Morgan fingerprint density at radius 2 is 1.77 bits per heavy atom. The number of urea groups is 1. The van der Waals surface area contributed by atoms with Gasteiger partial charge in [0.15, 0.2) is 0 Å². The molecule has 206 valence electrons. The number of carbonyl (C=O) groups excluding carboxylic acids is 3. The van der Waals surface area contributed by atoms with Crippen molar-refractivity contribution >= 4 is 35.1 Å². The Kier molecular flexibility index (Phi) is 8.69. The molecule has 0 atom stereocenters. The van der Waals surface area contributed by atoms with Gasteiger partial charge in [-0.25, -0.2) is 19.9 Å². The second-order valence-electron chi connectivity index (χ2n) is 8.55. The molecule has 0 aliphatic carbocycles. The lowest BCUT2D eigenvalue weighted by Crippen LogP contribution is -2.46.